The van der Waals surface area contributed by atoms with Gasteiger partial charge in [0, 0.05) is 25.9 Å². The van der Waals surface area contributed by atoms with Gasteiger partial charge in [-0.2, -0.15) is 5.10 Å². The maximum absolute atomic E-state index is 5.94. The van der Waals surface area contributed by atoms with E-state index < -0.39 is 0 Å². The summed E-state index contributed by atoms with van der Waals surface area (Å²) in [5.41, 5.74) is 3.26. The number of hydrogen-bond acceptors (Lipinski definition) is 3. The molecule has 0 amide bonds. The zero-order chi connectivity index (χ0) is 15.4. The van der Waals surface area contributed by atoms with E-state index in [1.54, 1.807) is 0 Å². The van der Waals surface area contributed by atoms with Crippen molar-refractivity contribution in [2.75, 3.05) is 26.5 Å². The van der Waals surface area contributed by atoms with Gasteiger partial charge in [0.25, 0.3) is 0 Å². The highest BCUT2D eigenvalue weighted by Crippen LogP contribution is 2.21. The van der Waals surface area contributed by atoms with Gasteiger partial charge in [-0.25, -0.2) is 4.98 Å². The van der Waals surface area contributed by atoms with Crippen molar-refractivity contribution in [3.63, 3.8) is 0 Å². The van der Waals surface area contributed by atoms with Crippen LogP contribution in [0, 0.1) is 0 Å². The molecule has 0 aliphatic carbocycles. The lowest BCUT2D eigenvalue weighted by Gasteiger charge is -2.11. The van der Waals surface area contributed by atoms with E-state index in [1.807, 2.05) is 11.7 Å². The van der Waals surface area contributed by atoms with Crippen LogP contribution in [0.25, 0.3) is 11.2 Å². The summed E-state index contributed by atoms with van der Waals surface area (Å²) in [6.45, 7) is 4.23. The molecule has 0 N–H and O–H groups in total. The molecule has 0 spiro atoms. The third-order valence-electron chi connectivity index (χ3n) is 3.76. The van der Waals surface area contributed by atoms with Gasteiger partial charge >= 0.3 is 0 Å². The minimum absolute atomic E-state index is 0.607. The summed E-state index contributed by atoms with van der Waals surface area (Å²) < 4.78 is 4.27. The molecule has 2 aromatic rings. The summed E-state index contributed by atoms with van der Waals surface area (Å²) in [4.78, 5) is 7.02. The summed E-state index contributed by atoms with van der Waals surface area (Å²) >= 11 is 5.94. The zero-order valence-corrected chi connectivity index (χ0v) is 14.3. The van der Waals surface area contributed by atoms with Gasteiger partial charge in [0.05, 0.1) is 5.69 Å². The molecular formula is C15H26ClN5. The van der Waals surface area contributed by atoms with Crippen LogP contribution < -0.4 is 0 Å². The molecule has 0 radical (unpaired) electrons. The maximum Gasteiger partial charge on any atom is 0.158 e. The standard InChI is InChI=1S/C15H26ClN5/c1-5-12-14-15(20(4)18-12)21(13(17-14)8-9-16)11-7-6-10-19(2)3/h5-11H2,1-4H3. The quantitative estimate of drug-likeness (QED) is 0.555. The van der Waals surface area contributed by atoms with Crippen molar-refractivity contribution >= 4 is 22.8 Å². The van der Waals surface area contributed by atoms with Crippen LogP contribution in [0.2, 0.25) is 0 Å². The number of halogens is 1. The van der Waals surface area contributed by atoms with E-state index in [4.69, 9.17) is 16.6 Å². The topological polar surface area (TPSA) is 38.9 Å². The van der Waals surface area contributed by atoms with E-state index in [1.165, 1.54) is 6.42 Å². The highest BCUT2D eigenvalue weighted by atomic mass is 35.5. The largest absolute Gasteiger partial charge is 0.313 e. The molecule has 0 aliphatic rings. The van der Waals surface area contributed by atoms with Gasteiger partial charge in [0.2, 0.25) is 0 Å². The van der Waals surface area contributed by atoms with Gasteiger partial charge in [-0.3, -0.25) is 4.68 Å². The first kappa shape index (κ1) is 16.3. The van der Waals surface area contributed by atoms with E-state index in [0.29, 0.717) is 5.88 Å². The average molecular weight is 312 g/mol. The Balaban J connectivity index is 2.25. The second kappa shape index (κ2) is 7.27. The van der Waals surface area contributed by atoms with Crippen molar-refractivity contribution in [3.8, 4) is 0 Å². The van der Waals surface area contributed by atoms with Gasteiger partial charge in [-0.1, -0.05) is 6.92 Å². The number of nitrogens with zero attached hydrogens (tertiary/aromatic N) is 5. The minimum atomic E-state index is 0.607. The summed E-state index contributed by atoms with van der Waals surface area (Å²) in [6.07, 6.45) is 4.05. The Bertz CT molecular complexity index is 584. The number of aromatic nitrogens is 4. The van der Waals surface area contributed by atoms with Crippen molar-refractivity contribution in [1.29, 1.82) is 0 Å². The zero-order valence-electron chi connectivity index (χ0n) is 13.6. The Morgan fingerprint density at radius 3 is 2.62 bits per heavy atom. The van der Waals surface area contributed by atoms with Gasteiger partial charge < -0.3 is 9.47 Å². The van der Waals surface area contributed by atoms with Crippen molar-refractivity contribution in [2.45, 2.75) is 39.2 Å². The molecule has 0 aromatic carbocycles. The molecule has 0 saturated heterocycles. The second-order valence-electron chi connectivity index (χ2n) is 5.73. The van der Waals surface area contributed by atoms with Crippen LogP contribution in [0.3, 0.4) is 0 Å². The lowest BCUT2D eigenvalue weighted by Crippen LogP contribution is -2.14. The fourth-order valence-electron chi connectivity index (χ4n) is 2.73. The van der Waals surface area contributed by atoms with Crippen molar-refractivity contribution < 1.29 is 0 Å². The highest BCUT2D eigenvalue weighted by molar-refractivity contribution is 6.17. The Labute approximate surface area is 131 Å². The first-order chi connectivity index (χ1) is 10.1. The fourth-order valence-corrected chi connectivity index (χ4v) is 2.90. The SMILES string of the molecule is CCc1nn(C)c2c1nc(CCCl)n2CCCCN(C)C. The molecule has 0 fully saturated rings. The van der Waals surface area contributed by atoms with Crippen LogP contribution in [-0.2, 0) is 26.4 Å². The first-order valence-electron chi connectivity index (χ1n) is 7.70. The predicted octanol–water partition coefficient (Wildman–Crippen LogP) is 2.46. The fraction of sp³-hybridized carbons (Fsp3) is 0.733. The summed E-state index contributed by atoms with van der Waals surface area (Å²) in [5.74, 6) is 1.70. The van der Waals surface area contributed by atoms with Gasteiger partial charge in [-0.05, 0) is 39.9 Å². The Morgan fingerprint density at radius 1 is 1.24 bits per heavy atom. The third kappa shape index (κ3) is 3.58. The van der Waals surface area contributed by atoms with E-state index in [9.17, 15) is 0 Å². The smallest absolute Gasteiger partial charge is 0.158 e. The predicted molar refractivity (Wildman–Crippen MR) is 88.1 cm³/mol. The van der Waals surface area contributed by atoms with Crippen LogP contribution in [-0.4, -0.2) is 50.8 Å². The maximum atomic E-state index is 5.94. The molecule has 0 atom stereocenters. The Morgan fingerprint density at radius 2 is 2.00 bits per heavy atom. The van der Waals surface area contributed by atoms with Crippen LogP contribution in [0.15, 0.2) is 0 Å². The number of unbranched alkanes of at least 4 members (excludes halogenated alkanes) is 1. The molecule has 2 rings (SSSR count). The monoisotopic (exact) mass is 311 g/mol. The van der Waals surface area contributed by atoms with Gasteiger partial charge in [0.1, 0.15) is 11.3 Å². The van der Waals surface area contributed by atoms with Crippen LogP contribution in [0.1, 0.15) is 31.3 Å². The molecule has 2 aromatic heterocycles. The second-order valence-corrected chi connectivity index (χ2v) is 6.10. The number of hydrogen-bond donors (Lipinski definition) is 0. The van der Waals surface area contributed by atoms with Gasteiger partial charge in [0.15, 0.2) is 5.65 Å². The van der Waals surface area contributed by atoms with Crippen LogP contribution in [0.4, 0.5) is 0 Å². The molecule has 118 valence electrons. The van der Waals surface area contributed by atoms with E-state index >= 15 is 0 Å². The number of rotatable bonds is 8. The number of imidazole rings is 1. The molecule has 2 heterocycles. The molecule has 0 unspecified atom stereocenters. The number of aryl methyl sites for hydroxylation is 4. The Hall–Kier alpha value is -1.07. The molecule has 0 bridgehead atoms. The molecule has 0 aliphatic heterocycles. The lowest BCUT2D eigenvalue weighted by atomic mass is 10.3. The van der Waals surface area contributed by atoms with Gasteiger partial charge in [-0.15, -0.1) is 11.6 Å². The number of fused-ring (bicyclic) bond motifs is 1. The third-order valence-corrected chi connectivity index (χ3v) is 3.95. The Kier molecular flexibility index (Phi) is 5.65. The summed E-state index contributed by atoms with van der Waals surface area (Å²) in [7, 11) is 6.23. The highest BCUT2D eigenvalue weighted by Gasteiger charge is 2.17. The summed E-state index contributed by atoms with van der Waals surface area (Å²) in [6, 6.07) is 0. The molecular weight excluding hydrogens is 286 g/mol. The molecule has 0 saturated carbocycles. The van der Waals surface area contributed by atoms with Crippen molar-refractivity contribution in [1.82, 2.24) is 24.2 Å². The van der Waals surface area contributed by atoms with Crippen LogP contribution >= 0.6 is 11.6 Å². The average Bonchev–Trinajstić information content (AvgIpc) is 2.93. The van der Waals surface area contributed by atoms with Crippen molar-refractivity contribution in [3.05, 3.63) is 11.5 Å². The molecule has 5 nitrogen and oxygen atoms in total. The van der Waals surface area contributed by atoms with Crippen molar-refractivity contribution in [2.24, 2.45) is 7.05 Å². The first-order valence-corrected chi connectivity index (χ1v) is 8.23. The van der Waals surface area contributed by atoms with Crippen LogP contribution in [0.5, 0.6) is 0 Å². The molecule has 6 heteroatoms. The molecule has 21 heavy (non-hydrogen) atoms. The lowest BCUT2D eigenvalue weighted by molar-refractivity contribution is 0.387. The van der Waals surface area contributed by atoms with E-state index in [-0.39, 0.29) is 0 Å². The summed E-state index contributed by atoms with van der Waals surface area (Å²) in [5, 5.41) is 4.58. The number of alkyl halides is 1. The van der Waals surface area contributed by atoms with E-state index in [0.717, 1.165) is 55.0 Å². The minimum Gasteiger partial charge on any atom is -0.313 e. The van der Waals surface area contributed by atoms with E-state index in [2.05, 4.69) is 35.6 Å². The normalized spacial score (nSPS) is 11.9.